The summed E-state index contributed by atoms with van der Waals surface area (Å²) in [6.45, 7) is 5.88. The zero-order valence-corrected chi connectivity index (χ0v) is 10.3. The van der Waals surface area contributed by atoms with E-state index in [1.807, 2.05) is 20.8 Å². The molecule has 1 aromatic carbocycles. The van der Waals surface area contributed by atoms with Gasteiger partial charge in [-0.25, -0.2) is 8.78 Å². The van der Waals surface area contributed by atoms with Gasteiger partial charge in [0, 0.05) is 12.0 Å². The number of benzene rings is 1. The van der Waals surface area contributed by atoms with E-state index in [-0.39, 0.29) is 5.91 Å². The van der Waals surface area contributed by atoms with Gasteiger partial charge in [0.05, 0.1) is 0 Å². The molecule has 0 aromatic heterocycles. The van der Waals surface area contributed by atoms with Gasteiger partial charge in [-0.15, -0.1) is 0 Å². The van der Waals surface area contributed by atoms with Crippen molar-refractivity contribution in [3.05, 3.63) is 35.4 Å². The number of hydrogen-bond acceptors (Lipinski definition) is 1. The number of hydrogen-bond donors (Lipinski definition) is 1. The van der Waals surface area contributed by atoms with Crippen molar-refractivity contribution in [3.63, 3.8) is 0 Å². The molecule has 0 fully saturated rings. The monoisotopic (exact) mass is 241 g/mol. The van der Waals surface area contributed by atoms with Crippen LogP contribution in [0, 0.1) is 17.0 Å². The fourth-order valence-corrected chi connectivity index (χ4v) is 1.28. The van der Waals surface area contributed by atoms with Gasteiger partial charge in [0.1, 0.15) is 0 Å². The van der Waals surface area contributed by atoms with E-state index < -0.39 is 17.0 Å². The molecule has 0 heterocycles. The normalized spacial score (nSPS) is 11.4. The minimum atomic E-state index is -0.857. The molecule has 0 spiro atoms. The van der Waals surface area contributed by atoms with Crippen molar-refractivity contribution in [1.82, 2.24) is 5.32 Å². The summed E-state index contributed by atoms with van der Waals surface area (Å²) in [5, 5.41) is 2.75. The number of carbonyl (C=O) groups is 1. The lowest BCUT2D eigenvalue weighted by atomic mass is 9.95. The minimum absolute atomic E-state index is 0.0555. The van der Waals surface area contributed by atoms with Crippen LogP contribution in [0.4, 0.5) is 8.78 Å². The van der Waals surface area contributed by atoms with E-state index in [1.54, 1.807) is 0 Å². The van der Waals surface area contributed by atoms with Gasteiger partial charge in [-0.05, 0) is 24.1 Å². The SMILES string of the molecule is CC(C)(C)C(=O)NCCc1ccc(F)c(F)c1. The predicted octanol–water partition coefficient (Wildman–Crippen LogP) is 2.67. The van der Waals surface area contributed by atoms with E-state index in [0.717, 1.165) is 12.1 Å². The van der Waals surface area contributed by atoms with E-state index in [9.17, 15) is 13.6 Å². The van der Waals surface area contributed by atoms with Gasteiger partial charge in [0.25, 0.3) is 0 Å². The van der Waals surface area contributed by atoms with Gasteiger partial charge in [-0.2, -0.15) is 0 Å². The Hall–Kier alpha value is -1.45. The highest BCUT2D eigenvalue weighted by Gasteiger charge is 2.20. The van der Waals surface area contributed by atoms with Crippen LogP contribution in [0.15, 0.2) is 18.2 Å². The van der Waals surface area contributed by atoms with Gasteiger partial charge in [-0.3, -0.25) is 4.79 Å². The predicted molar refractivity (Wildman–Crippen MR) is 62.5 cm³/mol. The fraction of sp³-hybridized carbons (Fsp3) is 0.462. The topological polar surface area (TPSA) is 29.1 Å². The van der Waals surface area contributed by atoms with E-state index >= 15 is 0 Å². The van der Waals surface area contributed by atoms with Crippen molar-refractivity contribution in [1.29, 1.82) is 0 Å². The van der Waals surface area contributed by atoms with Gasteiger partial charge in [0.15, 0.2) is 11.6 Å². The molecule has 0 saturated heterocycles. The van der Waals surface area contributed by atoms with Crippen LogP contribution in [-0.2, 0) is 11.2 Å². The van der Waals surface area contributed by atoms with Crippen molar-refractivity contribution in [2.75, 3.05) is 6.54 Å². The first kappa shape index (κ1) is 13.6. The maximum Gasteiger partial charge on any atom is 0.225 e. The van der Waals surface area contributed by atoms with Gasteiger partial charge < -0.3 is 5.32 Å². The lowest BCUT2D eigenvalue weighted by molar-refractivity contribution is -0.128. The Kier molecular flexibility index (Phi) is 4.21. The summed E-state index contributed by atoms with van der Waals surface area (Å²) >= 11 is 0. The third kappa shape index (κ3) is 4.13. The van der Waals surface area contributed by atoms with Crippen LogP contribution in [0.1, 0.15) is 26.3 Å². The first-order chi connectivity index (χ1) is 7.80. The third-order valence-electron chi connectivity index (χ3n) is 2.36. The summed E-state index contributed by atoms with van der Waals surface area (Å²) in [6.07, 6.45) is 0.485. The van der Waals surface area contributed by atoms with Crippen LogP contribution in [-0.4, -0.2) is 12.5 Å². The Bertz CT molecular complexity index is 410. The van der Waals surface area contributed by atoms with Crippen molar-refractivity contribution in [2.24, 2.45) is 5.41 Å². The summed E-state index contributed by atoms with van der Waals surface area (Å²) in [7, 11) is 0. The molecule has 0 bridgehead atoms. The fourth-order valence-electron chi connectivity index (χ4n) is 1.28. The second-order valence-electron chi connectivity index (χ2n) is 5.00. The highest BCUT2D eigenvalue weighted by Crippen LogP contribution is 2.12. The van der Waals surface area contributed by atoms with E-state index in [4.69, 9.17) is 0 Å². The lowest BCUT2D eigenvalue weighted by Gasteiger charge is -2.17. The van der Waals surface area contributed by atoms with Crippen LogP contribution >= 0.6 is 0 Å². The molecule has 1 rings (SSSR count). The third-order valence-corrected chi connectivity index (χ3v) is 2.36. The number of amides is 1. The molecule has 0 atom stereocenters. The van der Waals surface area contributed by atoms with E-state index in [2.05, 4.69) is 5.32 Å². The maximum absolute atomic E-state index is 12.9. The second-order valence-corrected chi connectivity index (χ2v) is 5.00. The van der Waals surface area contributed by atoms with Gasteiger partial charge >= 0.3 is 0 Å². The molecule has 0 saturated carbocycles. The molecule has 94 valence electrons. The van der Waals surface area contributed by atoms with Crippen LogP contribution < -0.4 is 5.32 Å². The first-order valence-corrected chi connectivity index (χ1v) is 5.53. The molecule has 1 aromatic rings. The Morgan fingerprint density at radius 3 is 2.41 bits per heavy atom. The smallest absolute Gasteiger partial charge is 0.225 e. The summed E-state index contributed by atoms with van der Waals surface area (Å²) in [4.78, 5) is 11.5. The number of carbonyl (C=O) groups excluding carboxylic acids is 1. The van der Waals surface area contributed by atoms with Crippen molar-refractivity contribution >= 4 is 5.91 Å². The lowest BCUT2D eigenvalue weighted by Crippen LogP contribution is -2.35. The Labute approximate surface area is 100 Å². The summed E-state index contributed by atoms with van der Waals surface area (Å²) in [5.74, 6) is -1.77. The van der Waals surface area contributed by atoms with E-state index in [0.29, 0.717) is 18.5 Å². The largest absolute Gasteiger partial charge is 0.355 e. The van der Waals surface area contributed by atoms with E-state index in [1.165, 1.54) is 6.07 Å². The van der Waals surface area contributed by atoms with Crippen LogP contribution in [0.2, 0.25) is 0 Å². The summed E-state index contributed by atoms with van der Waals surface area (Å²) in [6, 6.07) is 3.76. The van der Waals surface area contributed by atoms with Crippen molar-refractivity contribution in [3.8, 4) is 0 Å². The van der Waals surface area contributed by atoms with Crippen LogP contribution in [0.3, 0.4) is 0 Å². The molecular formula is C13H17F2NO. The molecule has 4 heteroatoms. The summed E-state index contributed by atoms with van der Waals surface area (Å²) in [5.41, 5.74) is 0.228. The highest BCUT2D eigenvalue weighted by molar-refractivity contribution is 5.81. The number of halogens is 2. The van der Waals surface area contributed by atoms with Crippen molar-refractivity contribution < 1.29 is 13.6 Å². The van der Waals surface area contributed by atoms with Crippen molar-refractivity contribution in [2.45, 2.75) is 27.2 Å². The average Bonchev–Trinajstić information content (AvgIpc) is 2.22. The average molecular weight is 241 g/mol. The standard InChI is InChI=1S/C13H17F2NO/c1-13(2,3)12(17)16-7-6-9-4-5-10(14)11(15)8-9/h4-5,8H,6-7H2,1-3H3,(H,16,17). The molecule has 0 radical (unpaired) electrons. The molecule has 0 aliphatic carbocycles. The molecular weight excluding hydrogens is 224 g/mol. The molecule has 1 amide bonds. The van der Waals surface area contributed by atoms with Crippen LogP contribution in [0.5, 0.6) is 0 Å². The molecule has 17 heavy (non-hydrogen) atoms. The molecule has 0 unspecified atom stereocenters. The number of rotatable bonds is 3. The van der Waals surface area contributed by atoms with Crippen LogP contribution in [0.25, 0.3) is 0 Å². The molecule has 1 N–H and O–H groups in total. The van der Waals surface area contributed by atoms with Gasteiger partial charge in [-0.1, -0.05) is 26.8 Å². The first-order valence-electron chi connectivity index (χ1n) is 5.53. The Balaban J connectivity index is 2.46. The Morgan fingerprint density at radius 2 is 1.88 bits per heavy atom. The quantitative estimate of drug-likeness (QED) is 0.866. The molecule has 2 nitrogen and oxygen atoms in total. The second kappa shape index (κ2) is 5.25. The maximum atomic E-state index is 12.9. The highest BCUT2D eigenvalue weighted by atomic mass is 19.2. The zero-order chi connectivity index (χ0) is 13.1. The molecule has 0 aliphatic heterocycles. The summed E-state index contributed by atoms with van der Waals surface area (Å²) < 4.78 is 25.6. The Morgan fingerprint density at radius 1 is 1.24 bits per heavy atom. The molecule has 0 aliphatic rings. The van der Waals surface area contributed by atoms with Gasteiger partial charge in [0.2, 0.25) is 5.91 Å². The number of nitrogens with one attached hydrogen (secondary N) is 1. The zero-order valence-electron chi connectivity index (χ0n) is 10.3. The minimum Gasteiger partial charge on any atom is -0.355 e.